The first-order valence-corrected chi connectivity index (χ1v) is 5.82. The van der Waals surface area contributed by atoms with Crippen LogP contribution in [0, 0.1) is 0 Å². The third kappa shape index (κ3) is 2.77. The number of hydrogen-bond donors (Lipinski definition) is 1. The van der Waals surface area contributed by atoms with Gasteiger partial charge >= 0.3 is 0 Å². The predicted octanol–water partition coefficient (Wildman–Crippen LogP) is 0.723. The molecule has 0 amide bonds. The van der Waals surface area contributed by atoms with Crippen LogP contribution in [0.25, 0.3) is 0 Å². The van der Waals surface area contributed by atoms with Crippen LogP contribution in [0.3, 0.4) is 0 Å². The maximum Gasteiger partial charge on any atom is 0.176 e. The summed E-state index contributed by atoms with van der Waals surface area (Å²) in [4.78, 5) is 0. The fraction of sp³-hybridized carbons (Fsp3) is 0.0833. The summed E-state index contributed by atoms with van der Waals surface area (Å²) >= 11 is 0. The molecule has 2 rings (SSSR count). The lowest BCUT2D eigenvalue weighted by Gasteiger charge is -2.01. The summed E-state index contributed by atoms with van der Waals surface area (Å²) in [6.07, 6.45) is 4.19. The van der Waals surface area contributed by atoms with Crippen LogP contribution in [0.5, 0.6) is 0 Å². The number of aryl methyl sites for hydroxylation is 1. The van der Waals surface area contributed by atoms with Gasteiger partial charge in [0, 0.05) is 17.1 Å². The van der Waals surface area contributed by atoms with E-state index >= 15 is 0 Å². The Hall–Kier alpha value is -1.40. The molecule has 0 bridgehead atoms. The van der Waals surface area contributed by atoms with E-state index in [2.05, 4.69) is 35.0 Å². The summed E-state index contributed by atoms with van der Waals surface area (Å²) < 4.78 is 2.07. The van der Waals surface area contributed by atoms with Crippen LogP contribution >= 0.6 is 8.58 Å². The molecular formula is C12H14N2P+. The van der Waals surface area contributed by atoms with E-state index in [0.29, 0.717) is 8.58 Å². The van der Waals surface area contributed by atoms with E-state index in [0.717, 1.165) is 5.69 Å². The van der Waals surface area contributed by atoms with E-state index in [9.17, 15) is 0 Å². The van der Waals surface area contributed by atoms with Crippen LogP contribution in [-0.4, -0.2) is 0 Å². The average Bonchev–Trinajstić information content (AvgIpc) is 2.22. The number of nitrogens with two attached hydrogens (primary N) is 1. The minimum Gasteiger partial charge on any atom is -0.399 e. The summed E-state index contributed by atoms with van der Waals surface area (Å²) in [6.45, 7) is 0. The van der Waals surface area contributed by atoms with Gasteiger partial charge < -0.3 is 5.73 Å². The lowest BCUT2D eigenvalue weighted by atomic mass is 10.3. The molecule has 1 heterocycles. The highest BCUT2D eigenvalue weighted by Crippen LogP contribution is 2.10. The van der Waals surface area contributed by atoms with Crippen LogP contribution in [0.15, 0.2) is 48.8 Å². The number of anilines is 1. The van der Waals surface area contributed by atoms with Crippen molar-refractivity contribution < 1.29 is 4.57 Å². The van der Waals surface area contributed by atoms with Gasteiger partial charge in [-0.2, -0.15) is 0 Å². The van der Waals surface area contributed by atoms with Crippen LogP contribution in [0.1, 0.15) is 0 Å². The Kier molecular flexibility index (Phi) is 2.98. The van der Waals surface area contributed by atoms with Gasteiger partial charge in [-0.25, -0.2) is 4.57 Å². The van der Waals surface area contributed by atoms with Gasteiger partial charge in [-0.15, -0.1) is 0 Å². The number of hydrogen-bond acceptors (Lipinski definition) is 1. The largest absolute Gasteiger partial charge is 0.399 e. The molecule has 15 heavy (non-hydrogen) atoms. The number of pyridine rings is 1. The molecule has 2 aromatic rings. The van der Waals surface area contributed by atoms with Gasteiger partial charge in [-0.1, -0.05) is 20.7 Å². The monoisotopic (exact) mass is 217 g/mol. The van der Waals surface area contributed by atoms with E-state index in [1.165, 1.54) is 10.6 Å². The van der Waals surface area contributed by atoms with Crippen molar-refractivity contribution in [1.29, 1.82) is 0 Å². The topological polar surface area (TPSA) is 29.9 Å². The number of rotatable bonds is 2. The Morgan fingerprint density at radius 3 is 2.47 bits per heavy atom. The van der Waals surface area contributed by atoms with Crippen molar-refractivity contribution in [2.45, 2.75) is 0 Å². The minimum absolute atomic E-state index is 0.693. The summed E-state index contributed by atoms with van der Waals surface area (Å²) in [5, 5.41) is 2.65. The van der Waals surface area contributed by atoms with Gasteiger partial charge in [0.25, 0.3) is 0 Å². The normalized spacial score (nSPS) is 11.0. The third-order valence-electron chi connectivity index (χ3n) is 2.14. The molecule has 76 valence electrons. The third-order valence-corrected chi connectivity index (χ3v) is 3.35. The molecule has 0 fully saturated rings. The molecule has 1 aromatic heterocycles. The maximum absolute atomic E-state index is 5.64. The molecule has 0 saturated carbocycles. The number of aromatic nitrogens is 1. The molecule has 1 atom stereocenters. The maximum atomic E-state index is 5.64. The Labute approximate surface area is 91.5 Å². The van der Waals surface area contributed by atoms with Crippen LogP contribution < -0.4 is 20.9 Å². The molecule has 0 aliphatic heterocycles. The first-order chi connectivity index (χ1) is 7.24. The first kappa shape index (κ1) is 10.1. The van der Waals surface area contributed by atoms with Gasteiger partial charge in [0.1, 0.15) is 7.05 Å². The zero-order valence-corrected chi connectivity index (χ0v) is 9.64. The molecular weight excluding hydrogens is 203 g/mol. The standard InChI is InChI=1S/C12H14N2P/c1-14-8-2-3-12(9-14)15-11-6-4-10(13)5-7-11/h2-9,15H,13H2,1H3/q+1. The van der Waals surface area contributed by atoms with Gasteiger partial charge in [-0.3, -0.25) is 0 Å². The van der Waals surface area contributed by atoms with Crippen LogP contribution in [0.4, 0.5) is 5.69 Å². The summed E-state index contributed by atoms with van der Waals surface area (Å²) in [5.74, 6) is 0. The van der Waals surface area contributed by atoms with Crippen LogP contribution in [0.2, 0.25) is 0 Å². The van der Waals surface area contributed by atoms with E-state index in [-0.39, 0.29) is 0 Å². The minimum atomic E-state index is 0.693. The smallest absolute Gasteiger partial charge is 0.176 e. The molecule has 0 aliphatic carbocycles. The summed E-state index contributed by atoms with van der Waals surface area (Å²) in [7, 11) is 2.73. The number of nitrogen functional groups attached to an aromatic ring is 1. The van der Waals surface area contributed by atoms with E-state index in [1.54, 1.807) is 0 Å². The average molecular weight is 217 g/mol. The molecule has 2 nitrogen and oxygen atoms in total. The number of benzene rings is 1. The SMILES string of the molecule is C[n+]1cccc(Pc2ccc(N)cc2)c1. The molecule has 2 N–H and O–H groups in total. The van der Waals surface area contributed by atoms with E-state index in [1.807, 2.05) is 25.4 Å². The summed E-state index contributed by atoms with van der Waals surface area (Å²) in [6, 6.07) is 12.3. The molecule has 0 aliphatic rings. The first-order valence-electron chi connectivity index (χ1n) is 4.82. The van der Waals surface area contributed by atoms with E-state index in [4.69, 9.17) is 5.73 Å². The fourth-order valence-electron chi connectivity index (χ4n) is 1.39. The van der Waals surface area contributed by atoms with Crippen molar-refractivity contribution >= 4 is 24.9 Å². The van der Waals surface area contributed by atoms with Gasteiger partial charge in [0.05, 0.1) is 0 Å². The zero-order chi connectivity index (χ0) is 10.7. The van der Waals surface area contributed by atoms with Gasteiger partial charge in [-0.05, 0) is 23.5 Å². The molecule has 0 spiro atoms. The van der Waals surface area contributed by atoms with Crippen molar-refractivity contribution in [3.63, 3.8) is 0 Å². The molecule has 0 saturated heterocycles. The van der Waals surface area contributed by atoms with Crippen molar-refractivity contribution in [3.8, 4) is 0 Å². The Morgan fingerprint density at radius 1 is 1.07 bits per heavy atom. The highest BCUT2D eigenvalue weighted by molar-refractivity contribution is 7.55. The Bertz CT molecular complexity index is 451. The van der Waals surface area contributed by atoms with Crippen LogP contribution in [-0.2, 0) is 7.05 Å². The molecule has 3 heteroatoms. The fourth-order valence-corrected chi connectivity index (χ4v) is 2.51. The predicted molar refractivity (Wildman–Crippen MR) is 66.1 cm³/mol. The van der Waals surface area contributed by atoms with E-state index < -0.39 is 0 Å². The van der Waals surface area contributed by atoms with Gasteiger partial charge in [0.2, 0.25) is 0 Å². The second-order valence-corrected chi connectivity index (χ2v) is 4.91. The van der Waals surface area contributed by atoms with Crippen molar-refractivity contribution in [3.05, 3.63) is 48.8 Å². The lowest BCUT2D eigenvalue weighted by molar-refractivity contribution is -0.670. The molecule has 1 unspecified atom stereocenters. The van der Waals surface area contributed by atoms with Crippen molar-refractivity contribution in [1.82, 2.24) is 0 Å². The second-order valence-electron chi connectivity index (χ2n) is 3.51. The Morgan fingerprint density at radius 2 is 1.80 bits per heavy atom. The lowest BCUT2D eigenvalue weighted by Crippen LogP contribution is -2.30. The molecule has 1 aromatic carbocycles. The van der Waals surface area contributed by atoms with Crippen molar-refractivity contribution in [2.24, 2.45) is 7.05 Å². The van der Waals surface area contributed by atoms with Gasteiger partial charge in [0.15, 0.2) is 12.4 Å². The summed E-state index contributed by atoms with van der Waals surface area (Å²) in [5.41, 5.74) is 6.46. The Balaban J connectivity index is 2.18. The second kappa shape index (κ2) is 4.41. The van der Waals surface area contributed by atoms with Crippen molar-refractivity contribution in [2.75, 3.05) is 5.73 Å². The highest BCUT2D eigenvalue weighted by atomic mass is 31.1. The number of nitrogens with zero attached hydrogens (tertiary/aromatic N) is 1. The zero-order valence-electron chi connectivity index (χ0n) is 8.64. The molecule has 0 radical (unpaired) electrons. The highest BCUT2D eigenvalue weighted by Gasteiger charge is 1.99. The quantitative estimate of drug-likeness (QED) is 0.448.